The minimum Gasteiger partial charge on any atom is -0.361 e. The van der Waals surface area contributed by atoms with Gasteiger partial charge >= 0.3 is 12.4 Å². The lowest BCUT2D eigenvalue weighted by Crippen LogP contribution is -2.08. The van der Waals surface area contributed by atoms with E-state index in [0.717, 1.165) is 30.9 Å². The molecule has 0 spiro atoms. The Morgan fingerprint density at radius 2 is 1.13 bits per heavy atom. The van der Waals surface area contributed by atoms with Gasteiger partial charge in [-0.15, -0.1) is 17.4 Å². The third-order valence-electron chi connectivity index (χ3n) is 4.51. The smallest absolute Gasteiger partial charge is 0.361 e. The fraction of sp³-hybridized carbons (Fsp3) is 0.136. The molecule has 4 heterocycles. The van der Waals surface area contributed by atoms with E-state index in [0.29, 0.717) is 18.1 Å². The number of rotatable bonds is 3. The van der Waals surface area contributed by atoms with E-state index in [1.807, 2.05) is 0 Å². The van der Waals surface area contributed by atoms with Gasteiger partial charge in [0.2, 0.25) is 0 Å². The topological polar surface area (TPSA) is 108 Å². The van der Waals surface area contributed by atoms with Crippen molar-refractivity contribution in [2.24, 2.45) is 5.73 Å². The number of aromatic nitrogens is 6. The Kier molecular flexibility index (Phi) is 9.86. The Hall–Kier alpha value is -4.36. The number of hydrogen-bond donors (Lipinski definition) is 1. The lowest BCUT2D eigenvalue weighted by molar-refractivity contribution is -0.142. The van der Waals surface area contributed by atoms with Gasteiger partial charge in [0.05, 0.1) is 48.1 Å². The molecule has 39 heavy (non-hydrogen) atoms. The van der Waals surface area contributed by atoms with Crippen LogP contribution >= 0.6 is 12.4 Å². The normalized spacial score (nSPS) is 11.1. The van der Waals surface area contributed by atoms with Gasteiger partial charge in [-0.3, -0.25) is 15.0 Å². The molecular weight excluding hydrogens is 564 g/mol. The molecule has 4 aromatic heterocycles. The largest absolute Gasteiger partial charge is 0.434 e. The molecule has 0 amide bonds. The molecule has 4 rings (SSSR count). The van der Waals surface area contributed by atoms with Crippen LogP contribution in [0.1, 0.15) is 17.1 Å². The maximum atomic E-state index is 13.5. The molecule has 0 saturated heterocycles. The standard InChI is InChI=1S/C11H4F4N4.C11H8F4N4.ClH/c1-16-10-2-6(7(12)3-19-10)8-4-18-9(5-17-8)11(13,14)15;12-8-3-17-6(2-16)1-7(8)9-4-19-10(5-18-9)11(13,14)15;/h2-5H;1,3-5H,2,16H2;1H. The molecule has 0 aliphatic heterocycles. The number of alkyl halides is 6. The van der Waals surface area contributed by atoms with Crippen molar-refractivity contribution < 1.29 is 35.1 Å². The van der Waals surface area contributed by atoms with Gasteiger partial charge in [0, 0.05) is 17.7 Å². The Morgan fingerprint density at radius 3 is 1.51 bits per heavy atom. The Balaban J connectivity index is 0.000000267. The fourth-order valence-corrected chi connectivity index (χ4v) is 2.70. The van der Waals surface area contributed by atoms with E-state index in [2.05, 4.69) is 34.7 Å². The van der Waals surface area contributed by atoms with Crippen molar-refractivity contribution in [1.29, 1.82) is 0 Å². The van der Waals surface area contributed by atoms with E-state index in [-0.39, 0.29) is 47.3 Å². The van der Waals surface area contributed by atoms with Gasteiger partial charge in [0.15, 0.2) is 29.2 Å². The second kappa shape index (κ2) is 12.5. The molecule has 17 heteroatoms. The minimum atomic E-state index is -4.61. The average Bonchev–Trinajstić information content (AvgIpc) is 2.89. The molecule has 0 saturated carbocycles. The van der Waals surface area contributed by atoms with Crippen LogP contribution in [0.5, 0.6) is 0 Å². The van der Waals surface area contributed by atoms with Crippen molar-refractivity contribution in [3.63, 3.8) is 0 Å². The average molecular weight is 577 g/mol. The van der Waals surface area contributed by atoms with E-state index in [1.54, 1.807) is 0 Å². The molecule has 0 atom stereocenters. The summed E-state index contributed by atoms with van der Waals surface area (Å²) in [5.41, 5.74) is 3.23. The highest BCUT2D eigenvalue weighted by atomic mass is 35.5. The summed E-state index contributed by atoms with van der Waals surface area (Å²) in [7, 11) is 0. The van der Waals surface area contributed by atoms with Gasteiger partial charge in [-0.1, -0.05) is 6.57 Å². The number of pyridine rings is 2. The Morgan fingerprint density at radius 1 is 0.667 bits per heavy atom. The summed E-state index contributed by atoms with van der Waals surface area (Å²) >= 11 is 0. The van der Waals surface area contributed by atoms with E-state index in [9.17, 15) is 35.1 Å². The first-order chi connectivity index (χ1) is 17.8. The highest BCUT2D eigenvalue weighted by Gasteiger charge is 2.33. The summed E-state index contributed by atoms with van der Waals surface area (Å²) in [5.74, 6) is -1.58. The van der Waals surface area contributed by atoms with Crippen LogP contribution in [0.4, 0.5) is 40.9 Å². The van der Waals surface area contributed by atoms with Gasteiger partial charge in [-0.05, 0) is 12.1 Å². The summed E-state index contributed by atoms with van der Waals surface area (Å²) in [5, 5.41) is 0. The molecule has 0 unspecified atom stereocenters. The zero-order chi connectivity index (χ0) is 28.1. The van der Waals surface area contributed by atoms with Crippen molar-refractivity contribution in [3.05, 3.63) is 89.4 Å². The first kappa shape index (κ1) is 30.9. The molecule has 0 fully saturated rings. The van der Waals surface area contributed by atoms with Gasteiger partial charge in [0.25, 0.3) is 5.82 Å². The van der Waals surface area contributed by atoms with Crippen molar-refractivity contribution in [3.8, 4) is 22.5 Å². The van der Waals surface area contributed by atoms with Crippen LogP contribution in [-0.4, -0.2) is 29.9 Å². The molecule has 0 aromatic carbocycles. The molecule has 204 valence electrons. The first-order valence-electron chi connectivity index (χ1n) is 10.00. The summed E-state index contributed by atoms with van der Waals surface area (Å²) in [6, 6.07) is 2.42. The van der Waals surface area contributed by atoms with Gasteiger partial charge in [-0.2, -0.15) is 26.3 Å². The van der Waals surface area contributed by atoms with Crippen LogP contribution in [0.15, 0.2) is 49.3 Å². The van der Waals surface area contributed by atoms with Gasteiger partial charge in [-0.25, -0.2) is 18.7 Å². The number of nitrogens with zero attached hydrogens (tertiary/aromatic N) is 7. The molecule has 4 aromatic rings. The maximum absolute atomic E-state index is 13.5. The number of nitrogens with two attached hydrogens (primary N) is 1. The van der Waals surface area contributed by atoms with E-state index >= 15 is 0 Å². The quantitative estimate of drug-likeness (QED) is 0.242. The second-order valence-electron chi connectivity index (χ2n) is 7.06. The molecule has 2 N–H and O–H groups in total. The zero-order valence-corrected chi connectivity index (χ0v) is 19.8. The van der Waals surface area contributed by atoms with Crippen LogP contribution in [0, 0.1) is 18.2 Å². The number of halogens is 9. The zero-order valence-electron chi connectivity index (χ0n) is 19.0. The summed E-state index contributed by atoms with van der Waals surface area (Å²) in [6.07, 6.45) is -4.71. The lowest BCUT2D eigenvalue weighted by Gasteiger charge is -2.07. The van der Waals surface area contributed by atoms with Crippen LogP contribution in [0.2, 0.25) is 0 Å². The van der Waals surface area contributed by atoms with Crippen LogP contribution < -0.4 is 5.73 Å². The van der Waals surface area contributed by atoms with Crippen LogP contribution in [0.25, 0.3) is 27.4 Å². The van der Waals surface area contributed by atoms with Crippen molar-refractivity contribution >= 4 is 18.2 Å². The van der Waals surface area contributed by atoms with Gasteiger partial charge in [0.1, 0.15) is 0 Å². The van der Waals surface area contributed by atoms with E-state index in [1.165, 1.54) is 6.07 Å². The Bertz CT molecular complexity index is 1450. The monoisotopic (exact) mass is 576 g/mol. The lowest BCUT2D eigenvalue weighted by atomic mass is 10.1. The molecule has 8 nitrogen and oxygen atoms in total. The SMILES string of the molecule is Cl.NCc1cc(-c2cnc(C(F)(F)F)cn2)c(F)cn1.[C-]#[N+]c1cc(-c2cnc(C(F)(F)F)cn2)c(F)cn1. The Labute approximate surface area is 220 Å². The molecule has 0 aliphatic carbocycles. The van der Waals surface area contributed by atoms with E-state index in [4.69, 9.17) is 12.3 Å². The third kappa shape index (κ3) is 7.82. The summed E-state index contributed by atoms with van der Waals surface area (Å²) < 4.78 is 101. The molecular formula is C22H13ClF8N8. The first-order valence-corrected chi connectivity index (χ1v) is 10.00. The maximum Gasteiger partial charge on any atom is 0.434 e. The summed E-state index contributed by atoms with van der Waals surface area (Å²) in [6.45, 7) is 6.83. The van der Waals surface area contributed by atoms with E-state index < -0.39 is 35.4 Å². The minimum absolute atomic E-state index is 0. The van der Waals surface area contributed by atoms with Crippen LogP contribution in [-0.2, 0) is 18.9 Å². The third-order valence-corrected chi connectivity index (χ3v) is 4.51. The highest BCUT2D eigenvalue weighted by molar-refractivity contribution is 5.85. The molecule has 0 aliphatic rings. The molecule has 0 bridgehead atoms. The number of hydrogen-bond acceptors (Lipinski definition) is 7. The second-order valence-corrected chi connectivity index (χ2v) is 7.06. The van der Waals surface area contributed by atoms with Crippen molar-refractivity contribution in [2.75, 3.05) is 0 Å². The summed E-state index contributed by atoms with van der Waals surface area (Å²) in [4.78, 5) is 23.6. The van der Waals surface area contributed by atoms with Crippen molar-refractivity contribution in [1.82, 2.24) is 29.9 Å². The predicted octanol–water partition coefficient (Wildman–Crippen LogP) is 5.82. The van der Waals surface area contributed by atoms with Crippen molar-refractivity contribution in [2.45, 2.75) is 18.9 Å². The van der Waals surface area contributed by atoms with Crippen LogP contribution in [0.3, 0.4) is 0 Å². The molecule has 0 radical (unpaired) electrons. The predicted molar refractivity (Wildman–Crippen MR) is 122 cm³/mol. The highest BCUT2D eigenvalue weighted by Crippen LogP contribution is 2.30. The fourth-order valence-electron chi connectivity index (χ4n) is 2.70. The van der Waals surface area contributed by atoms with Gasteiger partial charge < -0.3 is 10.6 Å².